The molecular formula is C19H23NO5S2. The van der Waals surface area contributed by atoms with E-state index in [1.807, 2.05) is 6.92 Å². The van der Waals surface area contributed by atoms with Crippen LogP contribution in [0, 0.1) is 0 Å². The number of nitrogens with zero attached hydrogens (tertiary/aromatic N) is 1. The van der Waals surface area contributed by atoms with Gasteiger partial charge >= 0.3 is 5.97 Å². The predicted octanol–water partition coefficient (Wildman–Crippen LogP) is 3.44. The van der Waals surface area contributed by atoms with Crippen molar-refractivity contribution in [1.82, 2.24) is 4.90 Å². The largest absolute Gasteiger partial charge is 0.479 e. The standard InChI is InChI=1S/C19H23NO5S2/c1-3-24-19(26)27-14(7-6-12-25-13(2)21)10-11-20-17(22)15-8-4-5-9-16(15)18(20)23/h4-5,8-9,14H,3,6-7,10-12H2,1-2H3. The van der Waals surface area contributed by atoms with E-state index < -0.39 is 0 Å². The van der Waals surface area contributed by atoms with E-state index >= 15 is 0 Å². The number of carbonyl (C=O) groups excluding carboxylic acids is 3. The van der Waals surface area contributed by atoms with Crippen LogP contribution in [-0.4, -0.2) is 52.1 Å². The van der Waals surface area contributed by atoms with Crippen molar-refractivity contribution in [2.24, 2.45) is 0 Å². The lowest BCUT2D eigenvalue weighted by atomic mass is 10.1. The van der Waals surface area contributed by atoms with Crippen LogP contribution in [0.3, 0.4) is 0 Å². The highest BCUT2D eigenvalue weighted by Gasteiger charge is 2.35. The summed E-state index contributed by atoms with van der Waals surface area (Å²) < 4.78 is 10.8. The van der Waals surface area contributed by atoms with E-state index in [0.717, 1.165) is 6.42 Å². The number of hydrogen-bond donors (Lipinski definition) is 0. The van der Waals surface area contributed by atoms with Gasteiger partial charge in [0.05, 0.1) is 24.3 Å². The van der Waals surface area contributed by atoms with E-state index in [-0.39, 0.29) is 23.0 Å². The fourth-order valence-electron chi connectivity index (χ4n) is 2.79. The van der Waals surface area contributed by atoms with Crippen molar-refractivity contribution < 1.29 is 23.9 Å². The molecule has 1 aliphatic heterocycles. The molecule has 0 aromatic heterocycles. The molecule has 0 N–H and O–H groups in total. The van der Waals surface area contributed by atoms with Crippen LogP contribution in [0.15, 0.2) is 24.3 Å². The molecule has 1 atom stereocenters. The van der Waals surface area contributed by atoms with Crippen molar-refractivity contribution in [3.63, 3.8) is 0 Å². The Morgan fingerprint density at radius 1 is 1.15 bits per heavy atom. The highest BCUT2D eigenvalue weighted by molar-refractivity contribution is 8.23. The van der Waals surface area contributed by atoms with Gasteiger partial charge in [0.1, 0.15) is 0 Å². The smallest absolute Gasteiger partial charge is 0.302 e. The van der Waals surface area contributed by atoms with Gasteiger partial charge in [-0.15, -0.1) is 0 Å². The van der Waals surface area contributed by atoms with Crippen LogP contribution in [0.5, 0.6) is 0 Å². The van der Waals surface area contributed by atoms with Crippen LogP contribution < -0.4 is 0 Å². The normalized spacial score (nSPS) is 14.1. The highest BCUT2D eigenvalue weighted by atomic mass is 32.2. The van der Waals surface area contributed by atoms with E-state index in [1.165, 1.54) is 23.6 Å². The molecule has 1 aromatic carbocycles. The Morgan fingerprint density at radius 3 is 2.33 bits per heavy atom. The topological polar surface area (TPSA) is 72.9 Å². The van der Waals surface area contributed by atoms with Gasteiger partial charge in [-0.1, -0.05) is 23.9 Å². The molecule has 8 heteroatoms. The average Bonchev–Trinajstić information content (AvgIpc) is 2.87. The number of amides is 2. The minimum atomic E-state index is -0.310. The third-order valence-electron chi connectivity index (χ3n) is 4.05. The van der Waals surface area contributed by atoms with Crippen molar-refractivity contribution >= 4 is 46.1 Å². The van der Waals surface area contributed by atoms with Gasteiger partial charge in [0.15, 0.2) is 0 Å². The Kier molecular flexibility index (Phi) is 8.24. The first kappa shape index (κ1) is 21.4. The second-order valence-electron chi connectivity index (χ2n) is 6.00. The van der Waals surface area contributed by atoms with Crippen LogP contribution in [0.1, 0.15) is 53.8 Å². The van der Waals surface area contributed by atoms with Gasteiger partial charge in [-0.05, 0) is 50.5 Å². The third-order valence-corrected chi connectivity index (χ3v) is 5.58. The monoisotopic (exact) mass is 409 g/mol. The summed E-state index contributed by atoms with van der Waals surface area (Å²) in [5, 5.41) is 0.0592. The molecule has 0 fully saturated rings. The molecule has 1 aliphatic rings. The van der Waals surface area contributed by atoms with Gasteiger partial charge in [0, 0.05) is 18.7 Å². The Bertz CT molecular complexity index is 687. The van der Waals surface area contributed by atoms with Gasteiger partial charge in [-0.2, -0.15) is 0 Å². The maximum atomic E-state index is 12.5. The fraction of sp³-hybridized carbons (Fsp3) is 0.474. The minimum Gasteiger partial charge on any atom is -0.479 e. The maximum Gasteiger partial charge on any atom is 0.302 e. The zero-order chi connectivity index (χ0) is 19.8. The number of imide groups is 1. The van der Waals surface area contributed by atoms with Crippen LogP contribution >= 0.6 is 24.0 Å². The first-order chi connectivity index (χ1) is 12.9. The van der Waals surface area contributed by atoms with Crippen molar-refractivity contribution in [3.05, 3.63) is 35.4 Å². The van der Waals surface area contributed by atoms with Crippen LogP contribution in [0.2, 0.25) is 0 Å². The zero-order valence-electron chi connectivity index (χ0n) is 15.4. The molecule has 0 aliphatic carbocycles. The van der Waals surface area contributed by atoms with Crippen LogP contribution in [0.4, 0.5) is 0 Å². The predicted molar refractivity (Wildman–Crippen MR) is 108 cm³/mol. The molecule has 2 rings (SSSR count). The molecule has 1 heterocycles. The summed E-state index contributed by atoms with van der Waals surface area (Å²) in [5.41, 5.74) is 0.901. The molecule has 6 nitrogen and oxygen atoms in total. The van der Waals surface area contributed by atoms with Gasteiger partial charge in [-0.25, -0.2) is 0 Å². The number of hydrogen-bond acceptors (Lipinski definition) is 7. The van der Waals surface area contributed by atoms with Gasteiger partial charge in [-0.3, -0.25) is 19.3 Å². The van der Waals surface area contributed by atoms with E-state index in [0.29, 0.717) is 48.1 Å². The molecule has 2 amide bonds. The Morgan fingerprint density at radius 2 is 1.78 bits per heavy atom. The van der Waals surface area contributed by atoms with E-state index in [4.69, 9.17) is 21.7 Å². The van der Waals surface area contributed by atoms with Crippen LogP contribution in [-0.2, 0) is 14.3 Å². The Hall–Kier alpha value is -1.93. The Balaban J connectivity index is 1.94. The van der Waals surface area contributed by atoms with Gasteiger partial charge in [0.2, 0.25) is 4.38 Å². The first-order valence-electron chi connectivity index (χ1n) is 8.86. The number of benzene rings is 1. The lowest BCUT2D eigenvalue weighted by molar-refractivity contribution is -0.141. The molecule has 0 radical (unpaired) electrons. The van der Waals surface area contributed by atoms with Crippen molar-refractivity contribution in [2.75, 3.05) is 19.8 Å². The summed E-state index contributed by atoms with van der Waals surface area (Å²) in [5.74, 6) is -0.826. The van der Waals surface area contributed by atoms with E-state index in [9.17, 15) is 14.4 Å². The van der Waals surface area contributed by atoms with Crippen molar-refractivity contribution in [3.8, 4) is 0 Å². The number of rotatable bonds is 9. The number of fused-ring (bicyclic) bond motifs is 1. The summed E-state index contributed by atoms with van der Waals surface area (Å²) in [7, 11) is 0. The van der Waals surface area contributed by atoms with Crippen molar-refractivity contribution in [1.29, 1.82) is 0 Å². The first-order valence-corrected chi connectivity index (χ1v) is 10.1. The second-order valence-corrected chi connectivity index (χ2v) is 7.90. The summed E-state index contributed by atoms with van der Waals surface area (Å²) in [6, 6.07) is 6.85. The minimum absolute atomic E-state index is 0.0592. The lowest BCUT2D eigenvalue weighted by Crippen LogP contribution is -2.32. The number of ether oxygens (including phenoxy) is 2. The molecule has 0 spiro atoms. The van der Waals surface area contributed by atoms with E-state index in [2.05, 4.69) is 0 Å². The van der Waals surface area contributed by atoms with Gasteiger partial charge < -0.3 is 9.47 Å². The zero-order valence-corrected chi connectivity index (χ0v) is 17.1. The molecule has 1 aromatic rings. The lowest BCUT2D eigenvalue weighted by Gasteiger charge is -2.20. The average molecular weight is 410 g/mol. The molecule has 0 bridgehead atoms. The third kappa shape index (κ3) is 6.04. The fourth-order valence-corrected chi connectivity index (χ4v) is 4.28. The Labute approximate surface area is 168 Å². The second kappa shape index (κ2) is 10.4. The summed E-state index contributed by atoms with van der Waals surface area (Å²) in [4.78, 5) is 37.1. The molecular weight excluding hydrogens is 386 g/mol. The quantitative estimate of drug-likeness (QED) is 0.268. The highest BCUT2D eigenvalue weighted by Crippen LogP contribution is 2.26. The summed E-state index contributed by atoms with van der Waals surface area (Å²) in [6.45, 7) is 4.37. The number of thiocarbonyl (C=S) groups is 1. The molecule has 0 saturated heterocycles. The number of carbonyl (C=O) groups is 3. The molecule has 1 unspecified atom stereocenters. The molecule has 27 heavy (non-hydrogen) atoms. The van der Waals surface area contributed by atoms with E-state index in [1.54, 1.807) is 24.3 Å². The van der Waals surface area contributed by atoms with Crippen molar-refractivity contribution in [2.45, 2.75) is 38.4 Å². The number of thioether (sulfide) groups is 1. The molecule has 0 saturated carbocycles. The maximum absolute atomic E-state index is 12.5. The van der Waals surface area contributed by atoms with Gasteiger partial charge in [0.25, 0.3) is 11.8 Å². The summed E-state index contributed by atoms with van der Waals surface area (Å²) >= 11 is 6.63. The SMILES string of the molecule is CCOC(=S)SC(CCCOC(C)=O)CCN1C(=O)c2ccccc2C1=O. The summed E-state index contributed by atoms with van der Waals surface area (Å²) in [6.07, 6.45) is 1.99. The molecule has 146 valence electrons. The number of esters is 1. The van der Waals surface area contributed by atoms with Crippen LogP contribution in [0.25, 0.3) is 0 Å².